The summed E-state index contributed by atoms with van der Waals surface area (Å²) in [6, 6.07) is 0. The van der Waals surface area contributed by atoms with Gasteiger partial charge in [0.2, 0.25) is 0 Å². The van der Waals surface area contributed by atoms with Crippen LogP contribution in [0.1, 0.15) is 19.8 Å². The fourth-order valence-corrected chi connectivity index (χ4v) is 2.60. The molecule has 2 rings (SSSR count). The van der Waals surface area contributed by atoms with Crippen LogP contribution in [0.15, 0.2) is 12.2 Å². The van der Waals surface area contributed by atoms with Gasteiger partial charge in [-0.1, -0.05) is 12.2 Å². The number of ether oxygens (including phenoxy) is 1. The van der Waals surface area contributed by atoms with E-state index in [9.17, 15) is 4.79 Å². The number of rotatable bonds is 2. The Balaban J connectivity index is 2.08. The van der Waals surface area contributed by atoms with Crippen LogP contribution >= 0.6 is 12.6 Å². The van der Waals surface area contributed by atoms with Gasteiger partial charge in [0, 0.05) is 10.7 Å². The van der Waals surface area contributed by atoms with Crippen LogP contribution in [0.4, 0.5) is 0 Å². The number of carbonyl (C=O) groups is 1. The number of hydrogen-bond acceptors (Lipinski definition) is 3. The first-order valence-electron chi connectivity index (χ1n) is 4.74. The Hall–Kier alpha value is -0.440. The Bertz CT molecular complexity index is 256. The van der Waals surface area contributed by atoms with E-state index in [2.05, 4.69) is 12.6 Å². The van der Waals surface area contributed by atoms with E-state index in [4.69, 9.17) is 4.74 Å². The van der Waals surface area contributed by atoms with Crippen LogP contribution in [0, 0.1) is 11.3 Å². The second-order valence-corrected chi connectivity index (χ2v) is 4.35. The first-order chi connectivity index (χ1) is 6.20. The van der Waals surface area contributed by atoms with Crippen molar-refractivity contribution in [3.8, 4) is 0 Å². The van der Waals surface area contributed by atoms with Crippen LogP contribution in [0.3, 0.4) is 0 Å². The van der Waals surface area contributed by atoms with Crippen LogP contribution < -0.4 is 0 Å². The summed E-state index contributed by atoms with van der Waals surface area (Å²) < 4.78 is 5.03. The van der Waals surface area contributed by atoms with Gasteiger partial charge in [0.05, 0.1) is 12.5 Å². The standard InChI is InChI=1S/C10H14O2S/c1-2-12-9(11)7-3-4-8(13)10(7)5-6-10/h3-4,7-8,13H,2,5-6H2,1H3/t7-,8-/m0/s1. The third-order valence-corrected chi connectivity index (χ3v) is 3.75. The molecule has 0 aliphatic heterocycles. The zero-order valence-electron chi connectivity index (χ0n) is 7.69. The Morgan fingerprint density at radius 2 is 2.31 bits per heavy atom. The predicted octanol–water partition coefficient (Wildman–Crippen LogP) is 1.81. The van der Waals surface area contributed by atoms with Crippen molar-refractivity contribution in [3.05, 3.63) is 12.2 Å². The van der Waals surface area contributed by atoms with E-state index in [0.717, 1.165) is 12.8 Å². The molecule has 3 heteroatoms. The Morgan fingerprint density at radius 3 is 2.85 bits per heavy atom. The predicted molar refractivity (Wildman–Crippen MR) is 53.7 cm³/mol. The molecule has 1 spiro atoms. The number of hydrogen-bond donors (Lipinski definition) is 1. The van der Waals surface area contributed by atoms with Crippen LogP contribution in [-0.2, 0) is 9.53 Å². The van der Waals surface area contributed by atoms with Crippen molar-refractivity contribution in [3.63, 3.8) is 0 Å². The summed E-state index contributed by atoms with van der Waals surface area (Å²) in [7, 11) is 0. The third-order valence-electron chi connectivity index (χ3n) is 3.06. The van der Waals surface area contributed by atoms with Gasteiger partial charge in [0.25, 0.3) is 0 Å². The van der Waals surface area contributed by atoms with Gasteiger partial charge in [0.1, 0.15) is 0 Å². The molecule has 13 heavy (non-hydrogen) atoms. The average Bonchev–Trinajstić information content (AvgIpc) is 2.79. The highest BCUT2D eigenvalue weighted by Crippen LogP contribution is 2.60. The molecule has 2 atom stereocenters. The molecule has 0 heterocycles. The Kier molecular flexibility index (Phi) is 2.14. The molecule has 2 nitrogen and oxygen atoms in total. The zero-order chi connectivity index (χ0) is 9.47. The molecule has 0 aromatic rings. The van der Waals surface area contributed by atoms with E-state index in [1.165, 1.54) is 0 Å². The molecule has 0 bridgehead atoms. The minimum Gasteiger partial charge on any atom is -0.466 e. The van der Waals surface area contributed by atoms with Gasteiger partial charge < -0.3 is 4.74 Å². The zero-order valence-corrected chi connectivity index (χ0v) is 8.59. The maximum absolute atomic E-state index is 11.5. The van der Waals surface area contributed by atoms with E-state index in [0.29, 0.717) is 6.61 Å². The van der Waals surface area contributed by atoms with Crippen molar-refractivity contribution < 1.29 is 9.53 Å². The second kappa shape index (κ2) is 3.05. The largest absolute Gasteiger partial charge is 0.466 e. The monoisotopic (exact) mass is 198 g/mol. The lowest BCUT2D eigenvalue weighted by atomic mass is 9.92. The molecule has 0 N–H and O–H groups in total. The number of esters is 1. The highest BCUT2D eigenvalue weighted by molar-refractivity contribution is 7.81. The van der Waals surface area contributed by atoms with E-state index in [-0.39, 0.29) is 22.6 Å². The summed E-state index contributed by atoms with van der Waals surface area (Å²) in [5.41, 5.74) is 0.120. The van der Waals surface area contributed by atoms with Gasteiger partial charge in [0.15, 0.2) is 0 Å². The lowest BCUT2D eigenvalue weighted by Crippen LogP contribution is -2.26. The fourth-order valence-electron chi connectivity index (χ4n) is 2.08. The maximum Gasteiger partial charge on any atom is 0.313 e. The lowest BCUT2D eigenvalue weighted by Gasteiger charge is -2.19. The SMILES string of the molecule is CCOC(=O)[C@@H]1C=C[C@H](S)C12CC2. The molecule has 0 unspecified atom stereocenters. The van der Waals surface area contributed by atoms with Crippen LogP contribution in [0.25, 0.3) is 0 Å². The maximum atomic E-state index is 11.5. The Morgan fingerprint density at radius 1 is 1.62 bits per heavy atom. The molecular weight excluding hydrogens is 184 g/mol. The topological polar surface area (TPSA) is 26.3 Å². The van der Waals surface area contributed by atoms with Crippen LogP contribution in [-0.4, -0.2) is 17.8 Å². The first kappa shape index (κ1) is 9.13. The van der Waals surface area contributed by atoms with Crippen molar-refractivity contribution in [1.82, 2.24) is 0 Å². The first-order valence-corrected chi connectivity index (χ1v) is 5.25. The molecule has 2 aliphatic rings. The molecule has 0 amide bonds. The summed E-state index contributed by atoms with van der Waals surface area (Å²) >= 11 is 4.46. The van der Waals surface area contributed by atoms with Gasteiger partial charge >= 0.3 is 5.97 Å². The molecule has 1 saturated carbocycles. The van der Waals surface area contributed by atoms with Gasteiger partial charge in [-0.2, -0.15) is 12.6 Å². The van der Waals surface area contributed by atoms with E-state index < -0.39 is 0 Å². The van der Waals surface area contributed by atoms with Crippen molar-refractivity contribution >= 4 is 18.6 Å². The van der Waals surface area contributed by atoms with E-state index in [1.54, 1.807) is 0 Å². The summed E-state index contributed by atoms with van der Waals surface area (Å²) in [6.07, 6.45) is 6.20. The highest BCUT2D eigenvalue weighted by Gasteiger charge is 2.57. The molecule has 2 aliphatic carbocycles. The van der Waals surface area contributed by atoms with Crippen LogP contribution in [0.5, 0.6) is 0 Å². The second-order valence-electron chi connectivity index (χ2n) is 3.79. The van der Waals surface area contributed by atoms with Gasteiger partial charge in [-0.3, -0.25) is 4.79 Å². The molecule has 0 saturated heterocycles. The fraction of sp³-hybridized carbons (Fsp3) is 0.700. The number of thiol groups is 1. The van der Waals surface area contributed by atoms with E-state index >= 15 is 0 Å². The highest BCUT2D eigenvalue weighted by atomic mass is 32.1. The average molecular weight is 198 g/mol. The van der Waals surface area contributed by atoms with Crippen molar-refractivity contribution in [2.45, 2.75) is 25.0 Å². The van der Waals surface area contributed by atoms with Gasteiger partial charge in [-0.25, -0.2) is 0 Å². The third kappa shape index (κ3) is 1.30. The van der Waals surface area contributed by atoms with Gasteiger partial charge in [-0.15, -0.1) is 0 Å². The van der Waals surface area contributed by atoms with Crippen LogP contribution in [0.2, 0.25) is 0 Å². The molecule has 1 fully saturated rings. The smallest absolute Gasteiger partial charge is 0.313 e. The summed E-state index contributed by atoms with van der Waals surface area (Å²) in [5.74, 6) is -0.109. The molecule has 0 aromatic heterocycles. The van der Waals surface area contributed by atoms with Gasteiger partial charge in [-0.05, 0) is 19.8 Å². The summed E-state index contributed by atoms with van der Waals surface area (Å²) in [6.45, 7) is 2.31. The molecule has 0 aromatic carbocycles. The lowest BCUT2D eigenvalue weighted by molar-refractivity contribution is -0.148. The van der Waals surface area contributed by atoms with Crippen molar-refractivity contribution in [1.29, 1.82) is 0 Å². The minimum absolute atomic E-state index is 0.0325. The van der Waals surface area contributed by atoms with E-state index in [1.807, 2.05) is 19.1 Å². The molecule has 0 radical (unpaired) electrons. The Labute approximate surface area is 83.8 Å². The van der Waals surface area contributed by atoms with Crippen molar-refractivity contribution in [2.75, 3.05) is 6.61 Å². The molecular formula is C10H14O2S. The summed E-state index contributed by atoms with van der Waals surface area (Å²) in [4.78, 5) is 11.5. The quantitative estimate of drug-likeness (QED) is 0.416. The normalized spacial score (nSPS) is 33.7. The number of carbonyl (C=O) groups excluding carboxylic acids is 1. The minimum atomic E-state index is -0.0761. The van der Waals surface area contributed by atoms with Crippen molar-refractivity contribution in [2.24, 2.45) is 11.3 Å². The molecule has 72 valence electrons. The summed E-state index contributed by atoms with van der Waals surface area (Å²) in [5, 5.41) is 0.252.